The minimum Gasteiger partial charge on any atom is -0.478 e. The molecule has 1 atom stereocenters. The number of nitro groups is 1. The number of anilines is 1. The number of nitrogens with one attached hydrogen (secondary N) is 1. The third-order valence-electron chi connectivity index (χ3n) is 3.46. The molecule has 7 heteroatoms. The first-order valence-electron chi connectivity index (χ1n) is 7.39. The van der Waals surface area contributed by atoms with E-state index in [9.17, 15) is 19.3 Å². The standard InChI is InChI=1S/C17H17FN2O4/c1-3-15(24-16-7-5-4-6-13(16)18)17(21)19-14-10-12(20(22)23)9-8-11(14)2/h4-10,15H,3H2,1-2H3,(H,19,21)/t15-/m1/s1. The van der Waals surface area contributed by atoms with Crippen molar-refractivity contribution in [1.29, 1.82) is 0 Å². The Morgan fingerprint density at radius 2 is 2.04 bits per heavy atom. The molecule has 0 aliphatic carbocycles. The summed E-state index contributed by atoms with van der Waals surface area (Å²) in [6.45, 7) is 3.45. The summed E-state index contributed by atoms with van der Waals surface area (Å²) in [7, 11) is 0. The summed E-state index contributed by atoms with van der Waals surface area (Å²) in [5.74, 6) is -1.07. The number of nitro benzene ring substituents is 1. The van der Waals surface area contributed by atoms with Gasteiger partial charge in [0.05, 0.1) is 10.6 Å². The average Bonchev–Trinajstić information content (AvgIpc) is 2.55. The van der Waals surface area contributed by atoms with E-state index in [0.29, 0.717) is 17.7 Å². The molecule has 2 rings (SSSR count). The molecule has 0 aromatic heterocycles. The van der Waals surface area contributed by atoms with Gasteiger partial charge in [0.1, 0.15) is 0 Å². The molecular weight excluding hydrogens is 315 g/mol. The number of rotatable bonds is 6. The van der Waals surface area contributed by atoms with Gasteiger partial charge in [0.15, 0.2) is 17.7 Å². The van der Waals surface area contributed by atoms with E-state index in [1.807, 2.05) is 0 Å². The normalized spacial score (nSPS) is 11.6. The second-order valence-electron chi connectivity index (χ2n) is 5.19. The van der Waals surface area contributed by atoms with E-state index >= 15 is 0 Å². The number of para-hydroxylation sites is 1. The molecule has 1 N–H and O–H groups in total. The average molecular weight is 332 g/mol. The lowest BCUT2D eigenvalue weighted by atomic mass is 10.1. The highest BCUT2D eigenvalue weighted by Crippen LogP contribution is 2.23. The number of amides is 1. The molecule has 0 bridgehead atoms. The molecule has 0 saturated heterocycles. The molecule has 0 fully saturated rings. The Kier molecular flexibility index (Phi) is 5.47. The number of carbonyl (C=O) groups is 1. The zero-order valence-electron chi connectivity index (χ0n) is 13.3. The van der Waals surface area contributed by atoms with Crippen molar-refractivity contribution in [3.63, 3.8) is 0 Å². The maximum atomic E-state index is 13.7. The van der Waals surface area contributed by atoms with Gasteiger partial charge in [-0.2, -0.15) is 0 Å². The molecule has 24 heavy (non-hydrogen) atoms. The van der Waals surface area contributed by atoms with E-state index in [1.165, 1.54) is 30.3 Å². The second kappa shape index (κ2) is 7.54. The van der Waals surface area contributed by atoms with E-state index in [0.717, 1.165) is 0 Å². The van der Waals surface area contributed by atoms with Crippen molar-refractivity contribution in [3.05, 3.63) is 64.0 Å². The van der Waals surface area contributed by atoms with Crippen LogP contribution < -0.4 is 10.1 Å². The lowest BCUT2D eigenvalue weighted by molar-refractivity contribution is -0.384. The Morgan fingerprint density at radius 1 is 1.33 bits per heavy atom. The lowest BCUT2D eigenvalue weighted by Gasteiger charge is -2.18. The number of non-ortho nitro benzene ring substituents is 1. The van der Waals surface area contributed by atoms with E-state index in [2.05, 4.69) is 5.32 Å². The molecule has 2 aromatic rings. The molecule has 1 amide bonds. The Bertz CT molecular complexity index is 764. The summed E-state index contributed by atoms with van der Waals surface area (Å²) in [5.41, 5.74) is 0.874. The zero-order valence-corrected chi connectivity index (χ0v) is 13.3. The van der Waals surface area contributed by atoms with Crippen molar-refractivity contribution in [2.75, 3.05) is 5.32 Å². The first-order chi connectivity index (χ1) is 11.4. The smallest absolute Gasteiger partial charge is 0.271 e. The highest BCUT2D eigenvalue weighted by molar-refractivity contribution is 5.95. The summed E-state index contributed by atoms with van der Waals surface area (Å²) in [6, 6.07) is 9.99. The van der Waals surface area contributed by atoms with Crippen molar-refractivity contribution in [3.8, 4) is 5.75 Å². The first kappa shape index (κ1) is 17.4. The third-order valence-corrected chi connectivity index (χ3v) is 3.46. The monoisotopic (exact) mass is 332 g/mol. The van der Waals surface area contributed by atoms with Gasteiger partial charge in [-0.3, -0.25) is 14.9 Å². The Balaban J connectivity index is 2.16. The number of benzene rings is 2. The minimum absolute atomic E-state index is 0.0183. The number of aryl methyl sites for hydroxylation is 1. The molecule has 0 saturated carbocycles. The Labute approximate surface area is 138 Å². The fraction of sp³-hybridized carbons (Fsp3) is 0.235. The van der Waals surface area contributed by atoms with E-state index < -0.39 is 22.8 Å². The number of hydrogen-bond donors (Lipinski definition) is 1. The van der Waals surface area contributed by atoms with E-state index in [1.54, 1.807) is 26.0 Å². The second-order valence-corrected chi connectivity index (χ2v) is 5.19. The van der Waals surface area contributed by atoms with Crippen molar-refractivity contribution >= 4 is 17.3 Å². The van der Waals surface area contributed by atoms with Gasteiger partial charge in [-0.15, -0.1) is 0 Å². The van der Waals surface area contributed by atoms with Crippen LogP contribution in [0.5, 0.6) is 5.75 Å². The van der Waals surface area contributed by atoms with Crippen molar-refractivity contribution in [2.45, 2.75) is 26.4 Å². The van der Waals surface area contributed by atoms with Gasteiger partial charge in [0.25, 0.3) is 11.6 Å². The molecule has 0 unspecified atom stereocenters. The molecular formula is C17H17FN2O4. The van der Waals surface area contributed by atoms with Gasteiger partial charge in [-0.25, -0.2) is 4.39 Å². The van der Waals surface area contributed by atoms with Gasteiger partial charge in [-0.05, 0) is 31.0 Å². The van der Waals surface area contributed by atoms with Gasteiger partial charge in [0.2, 0.25) is 0 Å². The van der Waals surface area contributed by atoms with E-state index in [4.69, 9.17) is 4.74 Å². The summed E-state index contributed by atoms with van der Waals surface area (Å²) >= 11 is 0. The summed E-state index contributed by atoms with van der Waals surface area (Å²) in [5, 5.41) is 13.5. The Hall–Kier alpha value is -2.96. The minimum atomic E-state index is -0.916. The van der Waals surface area contributed by atoms with Gasteiger partial charge < -0.3 is 10.1 Å². The van der Waals surface area contributed by atoms with Crippen LogP contribution in [0.15, 0.2) is 42.5 Å². The van der Waals surface area contributed by atoms with E-state index in [-0.39, 0.29) is 11.4 Å². The number of halogens is 1. The maximum absolute atomic E-state index is 13.7. The highest BCUT2D eigenvalue weighted by atomic mass is 19.1. The fourth-order valence-corrected chi connectivity index (χ4v) is 2.09. The molecule has 126 valence electrons. The SMILES string of the molecule is CC[C@@H](Oc1ccccc1F)C(=O)Nc1cc([N+](=O)[O-])ccc1C. The largest absolute Gasteiger partial charge is 0.478 e. The number of ether oxygens (including phenoxy) is 1. The molecule has 0 spiro atoms. The van der Waals surface area contributed by atoms with Crippen LogP contribution in [0.25, 0.3) is 0 Å². The van der Waals surface area contributed by atoms with Crippen LogP contribution in [-0.4, -0.2) is 16.9 Å². The summed E-state index contributed by atoms with van der Waals surface area (Å²) < 4.78 is 19.1. The summed E-state index contributed by atoms with van der Waals surface area (Å²) in [6.07, 6.45) is -0.603. The lowest BCUT2D eigenvalue weighted by Crippen LogP contribution is -2.32. The van der Waals surface area contributed by atoms with Crippen molar-refractivity contribution in [2.24, 2.45) is 0 Å². The maximum Gasteiger partial charge on any atom is 0.271 e. The topological polar surface area (TPSA) is 81.5 Å². The molecule has 0 heterocycles. The first-order valence-corrected chi connectivity index (χ1v) is 7.39. The third kappa shape index (κ3) is 4.07. The number of carbonyl (C=O) groups excluding carboxylic acids is 1. The van der Waals surface area contributed by atoms with Crippen LogP contribution in [-0.2, 0) is 4.79 Å². The van der Waals surface area contributed by atoms with Gasteiger partial charge in [0, 0.05) is 12.1 Å². The number of nitrogens with zero attached hydrogens (tertiary/aromatic N) is 1. The molecule has 0 radical (unpaired) electrons. The zero-order chi connectivity index (χ0) is 17.7. The highest BCUT2D eigenvalue weighted by Gasteiger charge is 2.21. The predicted molar refractivity (Wildman–Crippen MR) is 87.6 cm³/mol. The Morgan fingerprint density at radius 3 is 2.67 bits per heavy atom. The van der Waals surface area contributed by atoms with Crippen LogP contribution in [0.4, 0.5) is 15.8 Å². The molecule has 0 aliphatic rings. The van der Waals surface area contributed by atoms with Gasteiger partial charge in [-0.1, -0.05) is 25.1 Å². The van der Waals surface area contributed by atoms with Crippen LogP contribution in [0.1, 0.15) is 18.9 Å². The van der Waals surface area contributed by atoms with Crippen molar-refractivity contribution in [1.82, 2.24) is 0 Å². The van der Waals surface area contributed by atoms with Crippen LogP contribution in [0.2, 0.25) is 0 Å². The van der Waals surface area contributed by atoms with Crippen LogP contribution >= 0.6 is 0 Å². The van der Waals surface area contributed by atoms with Crippen LogP contribution in [0.3, 0.4) is 0 Å². The molecule has 2 aromatic carbocycles. The summed E-state index contributed by atoms with van der Waals surface area (Å²) in [4.78, 5) is 22.7. The van der Waals surface area contributed by atoms with Gasteiger partial charge >= 0.3 is 0 Å². The van der Waals surface area contributed by atoms with Crippen molar-refractivity contribution < 1.29 is 18.8 Å². The quantitative estimate of drug-likeness (QED) is 0.644. The predicted octanol–water partition coefficient (Wildman–Crippen LogP) is 3.84. The molecule has 6 nitrogen and oxygen atoms in total. The van der Waals surface area contributed by atoms with Crippen LogP contribution in [0, 0.1) is 22.9 Å². The fourth-order valence-electron chi connectivity index (χ4n) is 2.09. The molecule has 0 aliphatic heterocycles. The number of hydrogen-bond acceptors (Lipinski definition) is 4.